The molecule has 4 fully saturated rings. The summed E-state index contributed by atoms with van der Waals surface area (Å²) in [6.07, 6.45) is 7.84. The molecule has 4 bridgehead atoms. The van der Waals surface area contributed by atoms with E-state index in [1.54, 1.807) is 0 Å². The van der Waals surface area contributed by atoms with E-state index in [1.165, 1.54) is 32.1 Å². The first-order valence-electron chi connectivity index (χ1n) is 12.4. The van der Waals surface area contributed by atoms with Gasteiger partial charge in [-0.05, 0) is 66.1 Å². The molecule has 4 rings (SSSR count). The number of esters is 1. The number of likely N-dealkylation sites (N-methyl/N-ethyl adjacent to an activating group) is 1. The van der Waals surface area contributed by atoms with Gasteiger partial charge in [-0.15, -0.1) is 0 Å². The Hall–Kier alpha value is -0.610. The van der Waals surface area contributed by atoms with Crippen molar-refractivity contribution in [2.75, 3.05) is 33.8 Å². The highest BCUT2D eigenvalue weighted by Gasteiger charge is 2.63. The maximum Gasteiger partial charge on any atom is 0.362 e. The van der Waals surface area contributed by atoms with Crippen molar-refractivity contribution in [3.63, 3.8) is 0 Å². The lowest BCUT2D eigenvalue weighted by Crippen LogP contribution is -2.48. The normalized spacial score (nSPS) is 43.3. The van der Waals surface area contributed by atoms with Gasteiger partial charge in [0.2, 0.25) is 0 Å². The van der Waals surface area contributed by atoms with Crippen LogP contribution in [0.2, 0.25) is 0 Å². The van der Waals surface area contributed by atoms with Gasteiger partial charge in [0.25, 0.3) is 0 Å². The Kier molecular flexibility index (Phi) is 5.22. The Morgan fingerprint density at radius 2 is 1.70 bits per heavy atom. The van der Waals surface area contributed by atoms with Gasteiger partial charge in [0.15, 0.2) is 6.54 Å². The molecular formula is C26H46NO3+. The minimum absolute atomic E-state index is 0.0371. The fourth-order valence-electron chi connectivity index (χ4n) is 7.79. The summed E-state index contributed by atoms with van der Waals surface area (Å²) in [6.45, 7) is 16.4. The quantitative estimate of drug-likeness (QED) is 0.427. The molecule has 30 heavy (non-hydrogen) atoms. The second-order valence-corrected chi connectivity index (χ2v) is 13.4. The lowest BCUT2D eigenvalue weighted by atomic mass is 9.70. The van der Waals surface area contributed by atoms with E-state index < -0.39 is 0 Å². The molecule has 0 aromatic rings. The number of quaternary nitrogens is 1. The highest BCUT2D eigenvalue weighted by atomic mass is 16.5. The summed E-state index contributed by atoms with van der Waals surface area (Å²) in [7, 11) is 4.26. The zero-order valence-corrected chi connectivity index (χ0v) is 20.8. The van der Waals surface area contributed by atoms with Crippen LogP contribution < -0.4 is 0 Å². The number of hydrogen-bond donors (Lipinski definition) is 0. The van der Waals surface area contributed by atoms with Crippen molar-refractivity contribution < 1.29 is 18.8 Å². The molecule has 4 heteroatoms. The first-order valence-corrected chi connectivity index (χ1v) is 12.4. The zero-order valence-electron chi connectivity index (χ0n) is 20.8. The van der Waals surface area contributed by atoms with Crippen LogP contribution in [0.5, 0.6) is 0 Å². The third kappa shape index (κ3) is 3.27. The first-order chi connectivity index (χ1) is 13.7. The molecule has 0 aliphatic heterocycles. The van der Waals surface area contributed by atoms with Crippen molar-refractivity contribution in [3.05, 3.63) is 0 Å². The molecule has 6 atom stereocenters. The van der Waals surface area contributed by atoms with Crippen molar-refractivity contribution in [2.45, 2.75) is 92.3 Å². The predicted molar refractivity (Wildman–Crippen MR) is 120 cm³/mol. The van der Waals surface area contributed by atoms with Crippen LogP contribution in [0.15, 0.2) is 0 Å². The zero-order chi connectivity index (χ0) is 22.2. The second kappa shape index (κ2) is 6.94. The summed E-state index contributed by atoms with van der Waals surface area (Å²) >= 11 is 0. The van der Waals surface area contributed by atoms with Gasteiger partial charge in [-0.1, -0.05) is 41.5 Å². The molecule has 0 radical (unpaired) electrons. The highest BCUT2D eigenvalue weighted by Crippen LogP contribution is 2.67. The molecule has 4 saturated carbocycles. The largest absolute Gasteiger partial charge is 0.458 e. The molecule has 0 amide bonds. The molecule has 0 saturated heterocycles. The molecule has 0 unspecified atom stereocenters. The summed E-state index contributed by atoms with van der Waals surface area (Å²) < 4.78 is 13.1. The monoisotopic (exact) mass is 420 g/mol. The maximum atomic E-state index is 12.8. The van der Waals surface area contributed by atoms with Crippen molar-refractivity contribution in [1.29, 1.82) is 0 Å². The van der Waals surface area contributed by atoms with E-state index in [9.17, 15) is 4.79 Å². The van der Waals surface area contributed by atoms with Gasteiger partial charge in [0.1, 0.15) is 12.6 Å². The molecule has 0 N–H and O–H groups in total. The van der Waals surface area contributed by atoms with Crippen molar-refractivity contribution in [1.82, 2.24) is 0 Å². The van der Waals surface area contributed by atoms with Crippen LogP contribution in [-0.4, -0.2) is 56.5 Å². The lowest BCUT2D eigenvalue weighted by Gasteiger charge is -2.39. The number of nitrogens with zero attached hydrogens (tertiary/aromatic N) is 1. The average Bonchev–Trinajstić information content (AvgIpc) is 3.11. The number of carbonyl (C=O) groups is 1. The van der Waals surface area contributed by atoms with Gasteiger partial charge in [0, 0.05) is 5.92 Å². The van der Waals surface area contributed by atoms with Gasteiger partial charge < -0.3 is 14.0 Å². The molecule has 0 aromatic carbocycles. The number of hydrogen-bond acceptors (Lipinski definition) is 3. The molecule has 4 nitrogen and oxygen atoms in total. The molecule has 0 heterocycles. The van der Waals surface area contributed by atoms with E-state index in [1.807, 2.05) is 0 Å². The van der Waals surface area contributed by atoms with E-state index >= 15 is 0 Å². The van der Waals surface area contributed by atoms with E-state index in [4.69, 9.17) is 9.47 Å². The van der Waals surface area contributed by atoms with Gasteiger partial charge in [-0.3, -0.25) is 0 Å². The molecule has 0 aromatic heterocycles. The fraction of sp³-hybridized carbons (Fsp3) is 0.962. The van der Waals surface area contributed by atoms with Crippen LogP contribution in [0.25, 0.3) is 0 Å². The number of rotatable bonds is 7. The highest BCUT2D eigenvalue weighted by molar-refractivity contribution is 5.71. The maximum absolute atomic E-state index is 12.8. The van der Waals surface area contributed by atoms with E-state index in [0.717, 1.165) is 25.5 Å². The standard InChI is InChI=1S/C26H46NO3/c1-23(2)18-9-12-26(23,6)21(15-18)29-14-13-27(7,8)17-22(28)30-20-16-25(5)11-10-19(20)24(25,3)4/h18-21H,9-17H2,1-8H3/q+1/t18-,19+,20-,21+,25+,26+/m0/s1. The number of fused-ring (bicyclic) bond motifs is 4. The summed E-state index contributed by atoms with van der Waals surface area (Å²) in [6, 6.07) is 0. The van der Waals surface area contributed by atoms with E-state index in [-0.39, 0.29) is 17.5 Å². The van der Waals surface area contributed by atoms with Crippen LogP contribution in [0.3, 0.4) is 0 Å². The SMILES string of the molecule is CC1(C)[C@@H]2CC[C@]1(C)C[C@@H]2OC(=O)C[N+](C)(C)CCO[C@@H]1C[C@@H]2CC[C@@]1(C)C2(C)C. The first kappa shape index (κ1) is 22.6. The lowest BCUT2D eigenvalue weighted by molar-refractivity contribution is -0.883. The Balaban J connectivity index is 1.25. The van der Waals surface area contributed by atoms with E-state index in [2.05, 4.69) is 55.6 Å². The summed E-state index contributed by atoms with van der Waals surface area (Å²) in [5.41, 5.74) is 1.29. The van der Waals surface area contributed by atoms with Crippen molar-refractivity contribution in [3.8, 4) is 0 Å². The third-order valence-corrected chi connectivity index (χ3v) is 11.2. The van der Waals surface area contributed by atoms with Crippen LogP contribution >= 0.6 is 0 Å². The molecule has 172 valence electrons. The van der Waals surface area contributed by atoms with Crippen LogP contribution in [0, 0.1) is 33.5 Å². The molecular weight excluding hydrogens is 374 g/mol. The topological polar surface area (TPSA) is 35.5 Å². The fourth-order valence-corrected chi connectivity index (χ4v) is 7.79. The van der Waals surface area contributed by atoms with Crippen molar-refractivity contribution in [2.24, 2.45) is 33.5 Å². The minimum Gasteiger partial charge on any atom is -0.458 e. The van der Waals surface area contributed by atoms with Crippen LogP contribution in [0.1, 0.15) is 80.1 Å². The Morgan fingerprint density at radius 3 is 2.20 bits per heavy atom. The number of ether oxygens (including phenoxy) is 2. The van der Waals surface area contributed by atoms with Gasteiger partial charge in [0.05, 0.1) is 26.8 Å². The Bertz CT molecular complexity index is 696. The third-order valence-electron chi connectivity index (χ3n) is 11.2. The Labute approximate surface area is 184 Å². The minimum atomic E-state index is -0.0371. The average molecular weight is 421 g/mol. The van der Waals surface area contributed by atoms with Gasteiger partial charge in [-0.2, -0.15) is 0 Å². The predicted octanol–water partition coefficient (Wildman–Crippen LogP) is 5.05. The van der Waals surface area contributed by atoms with E-state index in [0.29, 0.717) is 39.3 Å². The number of carbonyl (C=O) groups excluding carboxylic acids is 1. The second-order valence-electron chi connectivity index (χ2n) is 13.4. The Morgan fingerprint density at radius 1 is 1.00 bits per heavy atom. The van der Waals surface area contributed by atoms with Crippen molar-refractivity contribution >= 4 is 5.97 Å². The summed E-state index contributed by atoms with van der Waals surface area (Å²) in [5, 5.41) is 0. The smallest absolute Gasteiger partial charge is 0.362 e. The summed E-state index contributed by atoms with van der Waals surface area (Å²) in [5.74, 6) is 1.29. The molecule has 0 spiro atoms. The van der Waals surface area contributed by atoms with Crippen LogP contribution in [0.4, 0.5) is 0 Å². The molecule has 4 aliphatic carbocycles. The van der Waals surface area contributed by atoms with Gasteiger partial charge >= 0.3 is 5.97 Å². The van der Waals surface area contributed by atoms with Crippen LogP contribution in [-0.2, 0) is 14.3 Å². The summed E-state index contributed by atoms with van der Waals surface area (Å²) in [4.78, 5) is 12.8. The van der Waals surface area contributed by atoms with Gasteiger partial charge in [-0.25, -0.2) is 4.79 Å². The molecule has 4 aliphatic rings.